The highest BCUT2D eigenvalue weighted by atomic mass is 16.5. The molecule has 0 aliphatic carbocycles. The summed E-state index contributed by atoms with van der Waals surface area (Å²) in [5.74, 6) is -0.860. The van der Waals surface area contributed by atoms with Gasteiger partial charge in [0.1, 0.15) is 5.69 Å². The Morgan fingerprint density at radius 2 is 1.95 bits per heavy atom. The van der Waals surface area contributed by atoms with E-state index in [0.29, 0.717) is 22.7 Å². The van der Waals surface area contributed by atoms with Gasteiger partial charge in [0.15, 0.2) is 0 Å². The summed E-state index contributed by atoms with van der Waals surface area (Å²) in [6.07, 6.45) is 1.87. The minimum Gasteiger partial charge on any atom is -0.477 e. The molecular weight excluding hydrogens is 272 g/mol. The third kappa shape index (κ3) is 3.26. The third-order valence-electron chi connectivity index (χ3n) is 4.21. The van der Waals surface area contributed by atoms with Crippen LogP contribution in [0.1, 0.15) is 51.9 Å². The molecule has 0 saturated carbocycles. The number of aryl methyl sites for hydroxylation is 1. The molecule has 1 fully saturated rings. The van der Waals surface area contributed by atoms with Gasteiger partial charge in [-0.25, -0.2) is 4.79 Å². The minimum atomic E-state index is -1.05. The molecule has 2 heterocycles. The van der Waals surface area contributed by atoms with Gasteiger partial charge in [-0.1, -0.05) is 0 Å². The standard InChI is InChI=1S/C15H22N2O4/c1-8-12(10(3)16-13(8)15(19)20)14(18)17-9(2)11-4-6-21-7-5-11/h9,11,16H,4-7H2,1-3H3,(H,17,18)(H,19,20). The largest absolute Gasteiger partial charge is 0.477 e. The fourth-order valence-corrected chi connectivity index (χ4v) is 2.92. The first-order chi connectivity index (χ1) is 9.91. The molecule has 116 valence electrons. The molecule has 0 spiro atoms. The molecule has 2 rings (SSSR count). The Balaban J connectivity index is 2.11. The van der Waals surface area contributed by atoms with Crippen LogP contribution in [0.15, 0.2) is 0 Å². The van der Waals surface area contributed by atoms with Crippen molar-refractivity contribution >= 4 is 11.9 Å². The molecule has 21 heavy (non-hydrogen) atoms. The van der Waals surface area contributed by atoms with Crippen molar-refractivity contribution in [2.75, 3.05) is 13.2 Å². The normalized spacial score (nSPS) is 17.5. The Labute approximate surface area is 123 Å². The second kappa shape index (κ2) is 6.30. The van der Waals surface area contributed by atoms with Crippen LogP contribution in [0, 0.1) is 19.8 Å². The number of aromatic nitrogens is 1. The van der Waals surface area contributed by atoms with Crippen LogP contribution in [0.25, 0.3) is 0 Å². The highest BCUT2D eigenvalue weighted by Crippen LogP contribution is 2.21. The number of hydrogen-bond acceptors (Lipinski definition) is 3. The van der Waals surface area contributed by atoms with Gasteiger partial charge in [-0.2, -0.15) is 0 Å². The summed E-state index contributed by atoms with van der Waals surface area (Å²) in [7, 11) is 0. The number of H-pyrrole nitrogens is 1. The van der Waals surface area contributed by atoms with E-state index in [0.717, 1.165) is 26.1 Å². The zero-order valence-corrected chi connectivity index (χ0v) is 12.7. The molecule has 1 amide bonds. The fraction of sp³-hybridized carbons (Fsp3) is 0.600. The number of aromatic amines is 1. The van der Waals surface area contributed by atoms with Crippen molar-refractivity contribution in [3.05, 3.63) is 22.5 Å². The van der Waals surface area contributed by atoms with Crippen molar-refractivity contribution in [1.82, 2.24) is 10.3 Å². The van der Waals surface area contributed by atoms with E-state index in [-0.39, 0.29) is 17.6 Å². The molecule has 1 aromatic rings. The molecule has 0 aromatic carbocycles. The van der Waals surface area contributed by atoms with Crippen LogP contribution in [0.3, 0.4) is 0 Å². The van der Waals surface area contributed by atoms with Gasteiger partial charge in [0, 0.05) is 24.9 Å². The second-order valence-corrected chi connectivity index (χ2v) is 5.64. The molecule has 3 N–H and O–H groups in total. The average molecular weight is 294 g/mol. The van der Waals surface area contributed by atoms with Crippen LogP contribution in [0.5, 0.6) is 0 Å². The highest BCUT2D eigenvalue weighted by molar-refractivity contribution is 6.00. The quantitative estimate of drug-likeness (QED) is 0.790. The van der Waals surface area contributed by atoms with Crippen LogP contribution in [-0.2, 0) is 4.74 Å². The zero-order chi connectivity index (χ0) is 15.6. The zero-order valence-electron chi connectivity index (χ0n) is 12.7. The van der Waals surface area contributed by atoms with Crippen molar-refractivity contribution in [1.29, 1.82) is 0 Å². The maximum Gasteiger partial charge on any atom is 0.352 e. The first kappa shape index (κ1) is 15.6. The Bertz CT molecular complexity index is 544. The molecule has 0 bridgehead atoms. The van der Waals surface area contributed by atoms with E-state index < -0.39 is 5.97 Å². The van der Waals surface area contributed by atoms with Crippen molar-refractivity contribution in [3.63, 3.8) is 0 Å². The average Bonchev–Trinajstić information content (AvgIpc) is 2.75. The van der Waals surface area contributed by atoms with Gasteiger partial charge in [-0.05, 0) is 45.1 Å². The summed E-state index contributed by atoms with van der Waals surface area (Å²) >= 11 is 0. The number of hydrogen-bond donors (Lipinski definition) is 3. The molecule has 6 heteroatoms. The van der Waals surface area contributed by atoms with Gasteiger partial charge >= 0.3 is 5.97 Å². The van der Waals surface area contributed by atoms with Gasteiger partial charge in [-0.3, -0.25) is 4.79 Å². The van der Waals surface area contributed by atoms with Gasteiger partial charge in [0.25, 0.3) is 5.91 Å². The lowest BCUT2D eigenvalue weighted by molar-refractivity contribution is 0.0538. The highest BCUT2D eigenvalue weighted by Gasteiger charge is 2.26. The smallest absolute Gasteiger partial charge is 0.352 e. The molecule has 0 radical (unpaired) electrons. The van der Waals surface area contributed by atoms with Crippen LogP contribution in [0.2, 0.25) is 0 Å². The van der Waals surface area contributed by atoms with Gasteiger partial charge in [0.2, 0.25) is 0 Å². The van der Waals surface area contributed by atoms with Crippen LogP contribution in [-0.4, -0.2) is 41.2 Å². The number of ether oxygens (including phenoxy) is 1. The molecular formula is C15H22N2O4. The monoisotopic (exact) mass is 294 g/mol. The number of nitrogens with one attached hydrogen (secondary N) is 2. The SMILES string of the molecule is Cc1[nH]c(C(=O)O)c(C)c1C(=O)NC(C)C1CCOCC1. The van der Waals surface area contributed by atoms with Crippen molar-refractivity contribution in [3.8, 4) is 0 Å². The van der Waals surface area contributed by atoms with Gasteiger partial charge in [-0.15, -0.1) is 0 Å². The first-order valence-electron chi connectivity index (χ1n) is 7.23. The Hall–Kier alpha value is -1.82. The fourth-order valence-electron chi connectivity index (χ4n) is 2.92. The second-order valence-electron chi connectivity index (χ2n) is 5.64. The number of aromatic carboxylic acids is 1. The molecule has 1 unspecified atom stereocenters. The lowest BCUT2D eigenvalue weighted by Crippen LogP contribution is -2.40. The Kier molecular flexibility index (Phi) is 4.67. The Morgan fingerprint density at radius 1 is 1.33 bits per heavy atom. The number of carboxylic acid groups (broad SMARTS) is 1. The maximum absolute atomic E-state index is 12.4. The van der Waals surface area contributed by atoms with E-state index in [1.807, 2.05) is 6.92 Å². The minimum absolute atomic E-state index is 0.0448. The lowest BCUT2D eigenvalue weighted by atomic mass is 9.92. The lowest BCUT2D eigenvalue weighted by Gasteiger charge is -2.28. The van der Waals surface area contributed by atoms with Crippen LogP contribution in [0.4, 0.5) is 0 Å². The molecule has 1 saturated heterocycles. The van der Waals surface area contributed by atoms with Crippen molar-refractivity contribution < 1.29 is 19.4 Å². The van der Waals surface area contributed by atoms with E-state index >= 15 is 0 Å². The van der Waals surface area contributed by atoms with E-state index in [1.54, 1.807) is 13.8 Å². The number of carbonyl (C=O) groups is 2. The molecule has 1 aromatic heterocycles. The molecule has 1 aliphatic rings. The summed E-state index contributed by atoms with van der Waals surface area (Å²) < 4.78 is 5.32. The molecule has 1 aliphatic heterocycles. The van der Waals surface area contributed by atoms with Gasteiger partial charge < -0.3 is 20.1 Å². The Morgan fingerprint density at radius 3 is 2.48 bits per heavy atom. The van der Waals surface area contributed by atoms with E-state index in [1.165, 1.54) is 0 Å². The van der Waals surface area contributed by atoms with Crippen molar-refractivity contribution in [2.45, 2.75) is 39.7 Å². The summed E-state index contributed by atoms with van der Waals surface area (Å²) in [5, 5.41) is 12.1. The van der Waals surface area contributed by atoms with Crippen LogP contribution >= 0.6 is 0 Å². The topological polar surface area (TPSA) is 91.4 Å². The van der Waals surface area contributed by atoms with Gasteiger partial charge in [0.05, 0.1) is 5.56 Å². The maximum atomic E-state index is 12.4. The summed E-state index contributed by atoms with van der Waals surface area (Å²) in [6, 6.07) is 0.0448. The molecule has 1 atom stereocenters. The predicted octanol–water partition coefficient (Wildman–Crippen LogP) is 1.87. The number of amides is 1. The predicted molar refractivity (Wildman–Crippen MR) is 77.7 cm³/mol. The van der Waals surface area contributed by atoms with Crippen molar-refractivity contribution in [2.24, 2.45) is 5.92 Å². The van der Waals surface area contributed by atoms with Crippen LogP contribution < -0.4 is 5.32 Å². The number of rotatable bonds is 4. The van der Waals surface area contributed by atoms with E-state index in [4.69, 9.17) is 9.84 Å². The third-order valence-corrected chi connectivity index (χ3v) is 4.21. The summed E-state index contributed by atoms with van der Waals surface area (Å²) in [4.78, 5) is 26.3. The summed E-state index contributed by atoms with van der Waals surface area (Å²) in [6.45, 7) is 6.82. The molecule has 6 nitrogen and oxygen atoms in total. The summed E-state index contributed by atoms with van der Waals surface area (Å²) in [5.41, 5.74) is 1.58. The number of carboxylic acids is 1. The van der Waals surface area contributed by atoms with E-state index in [9.17, 15) is 9.59 Å². The first-order valence-corrected chi connectivity index (χ1v) is 7.23. The number of carbonyl (C=O) groups excluding carboxylic acids is 1. The van der Waals surface area contributed by atoms with E-state index in [2.05, 4.69) is 10.3 Å².